The predicted octanol–water partition coefficient (Wildman–Crippen LogP) is 1.73. The number of amides is 1. The molecule has 2 N–H and O–H groups in total. The number of aliphatic hydroxyl groups excluding tert-OH is 1. The third-order valence-corrected chi connectivity index (χ3v) is 2.95. The van der Waals surface area contributed by atoms with Crippen molar-refractivity contribution >= 4 is 27.8 Å². The molecule has 0 fully saturated rings. The number of esters is 1. The minimum Gasteiger partial charge on any atom is -0.467 e. The van der Waals surface area contributed by atoms with E-state index in [1.54, 1.807) is 0 Å². The average molecular weight is 370 g/mol. The summed E-state index contributed by atoms with van der Waals surface area (Å²) in [4.78, 5) is 22.7. The maximum atomic E-state index is 12.8. The predicted molar refractivity (Wildman–Crippen MR) is 69.5 cm³/mol. The van der Waals surface area contributed by atoms with Crippen molar-refractivity contribution in [3.63, 3.8) is 0 Å². The lowest BCUT2D eigenvalue weighted by molar-refractivity contribution is -0.150. The van der Waals surface area contributed by atoms with Gasteiger partial charge in [0.2, 0.25) is 0 Å². The van der Waals surface area contributed by atoms with Gasteiger partial charge in [-0.25, -0.2) is 4.79 Å². The van der Waals surface area contributed by atoms with Crippen molar-refractivity contribution in [3.8, 4) is 0 Å². The zero-order valence-electron chi connectivity index (χ0n) is 10.7. The largest absolute Gasteiger partial charge is 0.467 e. The standard InChI is InChI=1S/C12H11BrF3NO4/c1-21-11(20)9(18)5-17-10(19)7-3-2-6(13)4-8(7)12(14,15)16/h2-4,9,18H,5H2,1H3,(H,17,19). The van der Waals surface area contributed by atoms with Crippen LogP contribution in [0.25, 0.3) is 0 Å². The number of hydrogen-bond acceptors (Lipinski definition) is 4. The molecule has 0 heterocycles. The summed E-state index contributed by atoms with van der Waals surface area (Å²) in [5.41, 5.74) is -1.73. The van der Waals surface area contributed by atoms with Crippen LogP contribution in [-0.2, 0) is 15.7 Å². The molecule has 1 aromatic rings. The highest BCUT2D eigenvalue weighted by Gasteiger charge is 2.35. The number of aliphatic hydroxyl groups is 1. The zero-order valence-corrected chi connectivity index (χ0v) is 12.3. The van der Waals surface area contributed by atoms with Gasteiger partial charge in [-0.2, -0.15) is 13.2 Å². The fourth-order valence-electron chi connectivity index (χ4n) is 1.45. The Morgan fingerprint density at radius 3 is 2.57 bits per heavy atom. The summed E-state index contributed by atoms with van der Waals surface area (Å²) in [6.45, 7) is -0.557. The molecule has 5 nitrogen and oxygen atoms in total. The Hall–Kier alpha value is -1.61. The molecule has 1 atom stereocenters. The third-order valence-electron chi connectivity index (χ3n) is 2.46. The Morgan fingerprint density at radius 2 is 2.05 bits per heavy atom. The Bertz CT molecular complexity index is 548. The average Bonchev–Trinajstić information content (AvgIpc) is 2.42. The van der Waals surface area contributed by atoms with E-state index >= 15 is 0 Å². The molecule has 0 saturated heterocycles. The summed E-state index contributed by atoms with van der Waals surface area (Å²) in [6.07, 6.45) is -6.36. The minimum absolute atomic E-state index is 0.168. The molecular formula is C12H11BrF3NO4. The van der Waals surface area contributed by atoms with E-state index < -0.39 is 41.8 Å². The van der Waals surface area contributed by atoms with E-state index in [1.807, 2.05) is 5.32 Å². The second-order valence-electron chi connectivity index (χ2n) is 3.94. The minimum atomic E-state index is -4.71. The number of carbonyl (C=O) groups excluding carboxylic acids is 2. The fourth-order valence-corrected chi connectivity index (χ4v) is 1.81. The number of benzene rings is 1. The van der Waals surface area contributed by atoms with Gasteiger partial charge in [-0.3, -0.25) is 4.79 Å². The SMILES string of the molecule is COC(=O)C(O)CNC(=O)c1ccc(Br)cc1C(F)(F)F. The van der Waals surface area contributed by atoms with Gasteiger partial charge in [0.05, 0.1) is 24.8 Å². The number of hydrogen-bond donors (Lipinski definition) is 2. The summed E-state index contributed by atoms with van der Waals surface area (Å²) in [5.74, 6) is -2.06. The van der Waals surface area contributed by atoms with Crippen LogP contribution in [0.5, 0.6) is 0 Å². The molecule has 0 spiro atoms. The topological polar surface area (TPSA) is 75.6 Å². The molecule has 1 unspecified atom stereocenters. The van der Waals surface area contributed by atoms with Crippen molar-refractivity contribution in [3.05, 3.63) is 33.8 Å². The van der Waals surface area contributed by atoms with Crippen LogP contribution in [0.4, 0.5) is 13.2 Å². The highest BCUT2D eigenvalue weighted by Crippen LogP contribution is 2.33. The van der Waals surface area contributed by atoms with Crippen molar-refractivity contribution in [2.75, 3.05) is 13.7 Å². The summed E-state index contributed by atoms with van der Waals surface area (Å²) in [7, 11) is 1.03. The number of halogens is 4. The van der Waals surface area contributed by atoms with Gasteiger partial charge in [0.1, 0.15) is 0 Å². The molecule has 1 amide bonds. The maximum Gasteiger partial charge on any atom is 0.417 e. The number of ether oxygens (including phenoxy) is 1. The molecule has 0 bridgehead atoms. The Balaban J connectivity index is 2.91. The van der Waals surface area contributed by atoms with E-state index in [0.717, 1.165) is 19.2 Å². The molecule has 9 heteroatoms. The second kappa shape index (κ2) is 6.90. The maximum absolute atomic E-state index is 12.8. The second-order valence-corrected chi connectivity index (χ2v) is 4.85. The molecule has 0 aliphatic heterocycles. The van der Waals surface area contributed by atoms with Crippen LogP contribution in [-0.4, -0.2) is 36.7 Å². The van der Waals surface area contributed by atoms with E-state index in [-0.39, 0.29) is 4.47 Å². The lowest BCUT2D eigenvalue weighted by Gasteiger charge is -2.14. The first-order valence-corrected chi connectivity index (χ1v) is 6.37. The molecule has 0 radical (unpaired) electrons. The number of methoxy groups -OCH3 is 1. The Kier molecular flexibility index (Phi) is 5.73. The quantitative estimate of drug-likeness (QED) is 0.792. The van der Waals surface area contributed by atoms with Crippen LogP contribution in [0, 0.1) is 0 Å². The molecule has 0 aliphatic rings. The van der Waals surface area contributed by atoms with E-state index in [9.17, 15) is 27.9 Å². The van der Waals surface area contributed by atoms with E-state index in [0.29, 0.717) is 0 Å². The van der Waals surface area contributed by atoms with Crippen molar-refractivity contribution in [2.24, 2.45) is 0 Å². The van der Waals surface area contributed by atoms with Gasteiger partial charge in [0.15, 0.2) is 6.10 Å². The van der Waals surface area contributed by atoms with Crippen LogP contribution >= 0.6 is 15.9 Å². The molecule has 1 aromatic carbocycles. The zero-order chi connectivity index (χ0) is 16.2. The summed E-state index contributed by atoms with van der Waals surface area (Å²) < 4.78 is 42.9. The van der Waals surface area contributed by atoms with E-state index in [4.69, 9.17) is 0 Å². The van der Waals surface area contributed by atoms with Crippen molar-refractivity contribution in [1.29, 1.82) is 0 Å². The molecule has 0 aliphatic carbocycles. The van der Waals surface area contributed by atoms with Crippen molar-refractivity contribution in [1.82, 2.24) is 5.32 Å². The third kappa shape index (κ3) is 4.71. The monoisotopic (exact) mass is 369 g/mol. The number of carbonyl (C=O) groups is 2. The lowest BCUT2D eigenvalue weighted by Crippen LogP contribution is -2.37. The van der Waals surface area contributed by atoms with Crippen LogP contribution in [0.1, 0.15) is 15.9 Å². The molecule has 0 saturated carbocycles. The first-order chi connectivity index (χ1) is 9.66. The molecule has 116 valence electrons. The fraction of sp³-hybridized carbons (Fsp3) is 0.333. The summed E-state index contributed by atoms with van der Waals surface area (Å²) in [5, 5.41) is 11.3. The smallest absolute Gasteiger partial charge is 0.417 e. The lowest BCUT2D eigenvalue weighted by atomic mass is 10.1. The summed E-state index contributed by atoms with van der Waals surface area (Å²) >= 11 is 2.90. The number of alkyl halides is 3. The van der Waals surface area contributed by atoms with Crippen LogP contribution in [0.3, 0.4) is 0 Å². The van der Waals surface area contributed by atoms with Gasteiger partial charge >= 0.3 is 12.1 Å². The number of nitrogens with one attached hydrogen (secondary N) is 1. The summed E-state index contributed by atoms with van der Waals surface area (Å²) in [6, 6.07) is 3.04. The van der Waals surface area contributed by atoms with Gasteiger partial charge in [-0.05, 0) is 18.2 Å². The van der Waals surface area contributed by atoms with Gasteiger partial charge < -0.3 is 15.2 Å². The Morgan fingerprint density at radius 1 is 1.43 bits per heavy atom. The first-order valence-electron chi connectivity index (χ1n) is 5.57. The van der Waals surface area contributed by atoms with Crippen molar-refractivity contribution in [2.45, 2.75) is 12.3 Å². The normalized spacial score (nSPS) is 12.7. The van der Waals surface area contributed by atoms with Gasteiger partial charge in [0, 0.05) is 4.47 Å². The molecular weight excluding hydrogens is 359 g/mol. The first kappa shape index (κ1) is 17.4. The van der Waals surface area contributed by atoms with Gasteiger partial charge in [-0.15, -0.1) is 0 Å². The molecule has 0 aromatic heterocycles. The number of rotatable bonds is 4. The van der Waals surface area contributed by atoms with Crippen LogP contribution in [0.15, 0.2) is 22.7 Å². The molecule has 1 rings (SSSR count). The van der Waals surface area contributed by atoms with E-state index in [2.05, 4.69) is 20.7 Å². The van der Waals surface area contributed by atoms with E-state index in [1.165, 1.54) is 6.07 Å². The van der Waals surface area contributed by atoms with Crippen molar-refractivity contribution < 1.29 is 32.6 Å². The van der Waals surface area contributed by atoms with Crippen LogP contribution < -0.4 is 5.32 Å². The van der Waals surface area contributed by atoms with Gasteiger partial charge in [0.25, 0.3) is 5.91 Å². The Labute approximate surface area is 126 Å². The highest BCUT2D eigenvalue weighted by molar-refractivity contribution is 9.10. The van der Waals surface area contributed by atoms with Crippen LogP contribution in [0.2, 0.25) is 0 Å². The van der Waals surface area contributed by atoms with Gasteiger partial charge in [-0.1, -0.05) is 15.9 Å². The molecule has 21 heavy (non-hydrogen) atoms. The highest BCUT2D eigenvalue weighted by atomic mass is 79.9.